The first-order valence-corrected chi connectivity index (χ1v) is 7.89. The van der Waals surface area contributed by atoms with E-state index >= 15 is 0 Å². The monoisotopic (exact) mass is 278 g/mol. The summed E-state index contributed by atoms with van der Waals surface area (Å²) in [5.74, 6) is 1.96. The average molecular weight is 278 g/mol. The Morgan fingerprint density at radius 1 is 1.26 bits per heavy atom. The Labute approximate surface area is 121 Å². The molecule has 0 radical (unpaired) electrons. The molecule has 1 aromatic carbocycles. The zero-order chi connectivity index (χ0) is 14.5. The van der Waals surface area contributed by atoms with Crippen LogP contribution in [0.3, 0.4) is 0 Å². The van der Waals surface area contributed by atoms with Crippen LogP contribution < -0.4 is 5.73 Å². The van der Waals surface area contributed by atoms with Gasteiger partial charge < -0.3 is 5.73 Å². The highest BCUT2D eigenvalue weighted by molar-refractivity contribution is 7.99. The minimum atomic E-state index is -0.165. The number of amidine groups is 1. The fraction of sp³-hybridized carbons (Fsp3) is 0.562. The molecule has 0 saturated heterocycles. The van der Waals surface area contributed by atoms with E-state index in [1.54, 1.807) is 0 Å². The largest absolute Gasteiger partial charge is 0.387 e. The lowest BCUT2D eigenvalue weighted by molar-refractivity contribution is 0.464. The lowest BCUT2D eigenvalue weighted by Gasteiger charge is -2.22. The highest BCUT2D eigenvalue weighted by Crippen LogP contribution is 2.26. The van der Waals surface area contributed by atoms with Crippen molar-refractivity contribution < 1.29 is 0 Å². The predicted molar refractivity (Wildman–Crippen MR) is 86.2 cm³/mol. The number of benzene rings is 1. The van der Waals surface area contributed by atoms with E-state index in [9.17, 15) is 0 Å². The molecule has 1 rings (SSSR count). The Morgan fingerprint density at radius 3 is 2.32 bits per heavy atom. The zero-order valence-corrected chi connectivity index (χ0v) is 13.3. The minimum Gasteiger partial charge on any atom is -0.387 e. The van der Waals surface area contributed by atoms with E-state index in [0.29, 0.717) is 11.8 Å². The third kappa shape index (κ3) is 5.27. The van der Waals surface area contributed by atoms with Crippen molar-refractivity contribution in [3.05, 3.63) is 29.8 Å². The second kappa shape index (κ2) is 6.99. The molecule has 0 saturated carbocycles. The number of nitrogens with two attached hydrogens (primary N) is 1. The predicted octanol–water partition coefficient (Wildman–Crippen LogP) is 4.64. The average Bonchev–Trinajstić information content (AvgIpc) is 2.35. The fourth-order valence-electron chi connectivity index (χ4n) is 1.79. The Balaban J connectivity index is 2.36. The number of hydrogen-bond acceptors (Lipinski definition) is 2. The first-order chi connectivity index (χ1) is 8.83. The Hall–Kier alpha value is -0.960. The van der Waals surface area contributed by atoms with Crippen LogP contribution in [0.5, 0.6) is 0 Å². The first kappa shape index (κ1) is 16.1. The van der Waals surface area contributed by atoms with Gasteiger partial charge in [-0.15, -0.1) is 11.8 Å². The normalized spacial score (nSPS) is 11.8. The van der Waals surface area contributed by atoms with Crippen molar-refractivity contribution in [1.82, 2.24) is 0 Å². The summed E-state index contributed by atoms with van der Waals surface area (Å²) in [7, 11) is 0. The molecular formula is C16H26N2S. The van der Waals surface area contributed by atoms with Gasteiger partial charge in [-0.1, -0.05) is 39.8 Å². The van der Waals surface area contributed by atoms with Gasteiger partial charge in [-0.3, -0.25) is 5.41 Å². The molecule has 0 fully saturated rings. The van der Waals surface area contributed by atoms with Crippen molar-refractivity contribution >= 4 is 17.6 Å². The van der Waals surface area contributed by atoms with E-state index in [-0.39, 0.29) is 5.41 Å². The molecule has 1 aromatic rings. The van der Waals surface area contributed by atoms with Gasteiger partial charge >= 0.3 is 0 Å². The van der Waals surface area contributed by atoms with Crippen LogP contribution in [-0.2, 0) is 0 Å². The van der Waals surface area contributed by atoms with E-state index in [1.807, 2.05) is 25.6 Å². The molecular weight excluding hydrogens is 252 g/mol. The third-order valence-electron chi connectivity index (χ3n) is 3.49. The highest BCUT2D eigenvalue weighted by atomic mass is 32.2. The molecule has 0 bridgehead atoms. The zero-order valence-electron chi connectivity index (χ0n) is 12.5. The molecule has 0 amide bonds. The second-order valence-electron chi connectivity index (χ2n) is 5.97. The van der Waals surface area contributed by atoms with Gasteiger partial charge in [0.15, 0.2) is 0 Å². The topological polar surface area (TPSA) is 49.9 Å². The lowest BCUT2D eigenvalue weighted by Crippen LogP contribution is -2.30. The van der Waals surface area contributed by atoms with E-state index < -0.39 is 0 Å². The van der Waals surface area contributed by atoms with Crippen molar-refractivity contribution in [1.29, 1.82) is 5.41 Å². The smallest absolute Gasteiger partial charge is 0.0963 e. The summed E-state index contributed by atoms with van der Waals surface area (Å²) in [5, 5.41) is 7.53. The Bertz CT molecular complexity index is 407. The molecule has 19 heavy (non-hydrogen) atoms. The number of nitrogens with one attached hydrogen (secondary N) is 1. The van der Waals surface area contributed by atoms with Gasteiger partial charge in [-0.2, -0.15) is 0 Å². The van der Waals surface area contributed by atoms with Gasteiger partial charge in [0.05, 0.1) is 5.84 Å². The molecule has 0 aromatic heterocycles. The highest BCUT2D eigenvalue weighted by Gasteiger charge is 2.20. The van der Waals surface area contributed by atoms with Crippen LogP contribution in [0, 0.1) is 10.8 Å². The molecule has 3 heteroatoms. The van der Waals surface area contributed by atoms with Crippen LogP contribution >= 0.6 is 11.8 Å². The summed E-state index contributed by atoms with van der Waals surface area (Å²) in [5.41, 5.74) is 6.81. The summed E-state index contributed by atoms with van der Waals surface area (Å²) in [6, 6.07) is 8.84. The first-order valence-electron chi connectivity index (χ1n) is 6.90. The van der Waals surface area contributed by atoms with Crippen molar-refractivity contribution in [2.24, 2.45) is 11.1 Å². The maximum atomic E-state index is 7.53. The van der Waals surface area contributed by atoms with Crippen LogP contribution in [-0.4, -0.2) is 11.6 Å². The minimum absolute atomic E-state index is 0.165. The van der Waals surface area contributed by atoms with E-state index in [2.05, 4.69) is 38.1 Å². The van der Waals surface area contributed by atoms with Gasteiger partial charge in [-0.05, 0) is 42.2 Å². The summed E-state index contributed by atoms with van der Waals surface area (Å²) in [6.07, 6.45) is 2.06. The fourth-order valence-corrected chi connectivity index (χ4v) is 2.64. The van der Waals surface area contributed by atoms with Gasteiger partial charge in [-0.25, -0.2) is 0 Å². The second-order valence-corrected chi connectivity index (χ2v) is 7.14. The van der Waals surface area contributed by atoms with E-state index in [4.69, 9.17) is 11.1 Å². The molecule has 0 heterocycles. The summed E-state index contributed by atoms with van der Waals surface area (Å²) in [4.78, 5) is 1.32. The molecule has 0 unspecified atom stereocenters. The molecule has 0 atom stereocenters. The molecule has 0 aliphatic heterocycles. The van der Waals surface area contributed by atoms with Crippen LogP contribution in [0.15, 0.2) is 29.2 Å². The third-order valence-corrected chi connectivity index (χ3v) is 4.59. The van der Waals surface area contributed by atoms with E-state index in [0.717, 1.165) is 18.6 Å². The summed E-state index contributed by atoms with van der Waals surface area (Å²) >= 11 is 1.88. The Morgan fingerprint density at radius 2 is 1.84 bits per heavy atom. The van der Waals surface area contributed by atoms with Gasteiger partial charge in [0.2, 0.25) is 0 Å². The van der Waals surface area contributed by atoms with Crippen LogP contribution in [0.2, 0.25) is 0 Å². The van der Waals surface area contributed by atoms with Gasteiger partial charge in [0.25, 0.3) is 0 Å². The molecule has 106 valence electrons. The standard InChI is InChI=1S/C16H26N2S/c1-12(2)13-6-8-14(9-7-13)19-11-5-10-16(3,4)15(17)18/h6-9,12H,5,10-11H2,1-4H3,(H3,17,18). The van der Waals surface area contributed by atoms with Crippen molar-refractivity contribution in [3.63, 3.8) is 0 Å². The molecule has 2 nitrogen and oxygen atoms in total. The molecule has 0 spiro atoms. The summed E-state index contributed by atoms with van der Waals surface area (Å²) < 4.78 is 0. The van der Waals surface area contributed by atoms with Gasteiger partial charge in [0, 0.05) is 10.3 Å². The van der Waals surface area contributed by atoms with Crippen molar-refractivity contribution in [3.8, 4) is 0 Å². The number of hydrogen-bond donors (Lipinski definition) is 2. The SMILES string of the molecule is CC(C)c1ccc(SCCCC(C)(C)C(=N)N)cc1. The van der Waals surface area contributed by atoms with Gasteiger partial charge in [0.1, 0.15) is 0 Å². The Kier molecular flexibility index (Phi) is 5.92. The molecule has 0 aliphatic rings. The number of thioether (sulfide) groups is 1. The van der Waals surface area contributed by atoms with Crippen molar-refractivity contribution in [2.45, 2.75) is 51.3 Å². The van der Waals surface area contributed by atoms with Crippen molar-refractivity contribution in [2.75, 3.05) is 5.75 Å². The number of rotatable bonds is 7. The maximum Gasteiger partial charge on any atom is 0.0963 e. The van der Waals surface area contributed by atoms with Crippen LogP contribution in [0.4, 0.5) is 0 Å². The summed E-state index contributed by atoms with van der Waals surface area (Å²) in [6.45, 7) is 8.51. The molecule has 3 N–H and O–H groups in total. The lowest BCUT2D eigenvalue weighted by atomic mass is 9.87. The maximum absolute atomic E-state index is 7.53. The van der Waals surface area contributed by atoms with Crippen LogP contribution in [0.25, 0.3) is 0 Å². The van der Waals surface area contributed by atoms with Crippen LogP contribution in [0.1, 0.15) is 52.0 Å². The molecule has 0 aliphatic carbocycles. The van der Waals surface area contributed by atoms with E-state index in [1.165, 1.54) is 10.5 Å². The quantitative estimate of drug-likeness (QED) is 0.330.